The van der Waals surface area contributed by atoms with Crippen LogP contribution in [0.3, 0.4) is 0 Å². The predicted octanol–water partition coefficient (Wildman–Crippen LogP) is 3.19. The highest BCUT2D eigenvalue weighted by Crippen LogP contribution is 2.39. The molecule has 148 valence electrons. The second-order valence-corrected chi connectivity index (χ2v) is 6.91. The summed E-state index contributed by atoms with van der Waals surface area (Å²) >= 11 is 0. The largest absolute Gasteiger partial charge is 0.439 e. The van der Waals surface area contributed by atoms with Gasteiger partial charge in [0.25, 0.3) is 0 Å². The molecule has 2 heterocycles. The summed E-state index contributed by atoms with van der Waals surface area (Å²) < 4.78 is 11.4. The average molecular weight is 388 g/mol. The van der Waals surface area contributed by atoms with Gasteiger partial charge < -0.3 is 14.9 Å². The van der Waals surface area contributed by atoms with Crippen LogP contribution in [0.15, 0.2) is 68.3 Å². The van der Waals surface area contributed by atoms with E-state index in [0.717, 1.165) is 18.4 Å². The molecule has 0 aromatic carbocycles. The van der Waals surface area contributed by atoms with Gasteiger partial charge in [0.1, 0.15) is 17.1 Å². The molecule has 1 atom stereocenters. The minimum Gasteiger partial charge on any atom is -0.439 e. The molecule has 0 saturated heterocycles. The van der Waals surface area contributed by atoms with Crippen LogP contribution in [-0.2, 0) is 0 Å². The second kappa shape index (κ2) is 8.66. The number of hydrogen-bond donors (Lipinski definition) is 1. The molecule has 0 radical (unpaired) electrons. The molecule has 0 spiro atoms. The number of nitrogens with zero attached hydrogens (tertiary/aromatic N) is 1. The van der Waals surface area contributed by atoms with Crippen LogP contribution in [0.25, 0.3) is 12.2 Å². The highest BCUT2D eigenvalue weighted by atomic mass is 16.5. The van der Waals surface area contributed by atoms with Crippen molar-refractivity contribution in [1.82, 2.24) is 0 Å². The molecule has 0 amide bonds. The molecule has 2 aliphatic rings. The first kappa shape index (κ1) is 20.2. The normalized spacial score (nSPS) is 20.1. The molecule has 0 saturated carbocycles. The topological polar surface area (TPSA) is 89.2 Å². The molecule has 1 aliphatic heterocycles. The Labute approximate surface area is 169 Å². The van der Waals surface area contributed by atoms with E-state index in [-0.39, 0.29) is 11.5 Å². The van der Waals surface area contributed by atoms with Crippen LogP contribution in [0.5, 0.6) is 5.75 Å². The highest BCUT2D eigenvalue weighted by molar-refractivity contribution is 5.58. The van der Waals surface area contributed by atoms with Crippen LogP contribution in [0.2, 0.25) is 0 Å². The van der Waals surface area contributed by atoms with Crippen molar-refractivity contribution in [2.24, 2.45) is 5.73 Å². The van der Waals surface area contributed by atoms with Crippen molar-refractivity contribution in [2.45, 2.75) is 39.5 Å². The van der Waals surface area contributed by atoms with Crippen LogP contribution < -0.4 is 26.7 Å². The van der Waals surface area contributed by atoms with Crippen molar-refractivity contribution in [1.29, 1.82) is 5.26 Å². The molecule has 1 aromatic heterocycles. The van der Waals surface area contributed by atoms with Crippen molar-refractivity contribution in [3.63, 3.8) is 0 Å². The lowest BCUT2D eigenvalue weighted by Gasteiger charge is -2.26. The average Bonchev–Trinajstić information content (AvgIpc) is 2.92. The lowest BCUT2D eigenvalue weighted by Crippen LogP contribution is -2.38. The Hall–Kier alpha value is -3.52. The molecule has 5 nitrogen and oxygen atoms in total. The first-order valence-electron chi connectivity index (χ1n) is 9.63. The maximum atomic E-state index is 13.0. The van der Waals surface area contributed by atoms with Gasteiger partial charge in [0.2, 0.25) is 5.88 Å². The summed E-state index contributed by atoms with van der Waals surface area (Å²) in [7, 11) is 0. The Balaban J connectivity index is 2.36. The van der Waals surface area contributed by atoms with Crippen LogP contribution in [-0.4, -0.2) is 0 Å². The number of allylic oxidation sites excluding steroid dienone is 9. The van der Waals surface area contributed by atoms with E-state index in [9.17, 15) is 10.1 Å². The third kappa shape index (κ3) is 3.88. The summed E-state index contributed by atoms with van der Waals surface area (Å²) in [6, 6.07) is 2.13. The summed E-state index contributed by atoms with van der Waals surface area (Å²) in [4.78, 5) is 13.0. The third-order valence-corrected chi connectivity index (χ3v) is 4.91. The lowest BCUT2D eigenvalue weighted by atomic mass is 9.83. The Morgan fingerprint density at radius 2 is 2.21 bits per heavy atom. The quantitative estimate of drug-likeness (QED) is 0.859. The van der Waals surface area contributed by atoms with E-state index in [1.807, 2.05) is 56.4 Å². The van der Waals surface area contributed by atoms with Gasteiger partial charge in [-0.2, -0.15) is 5.26 Å². The van der Waals surface area contributed by atoms with Gasteiger partial charge in [-0.3, -0.25) is 0 Å². The molecule has 5 heteroatoms. The molecule has 0 bridgehead atoms. The van der Waals surface area contributed by atoms with Crippen LogP contribution in [0, 0.1) is 11.3 Å². The number of rotatable bonds is 3. The first-order valence-corrected chi connectivity index (χ1v) is 9.63. The van der Waals surface area contributed by atoms with E-state index in [4.69, 9.17) is 14.9 Å². The van der Waals surface area contributed by atoms with Gasteiger partial charge in [0.05, 0.1) is 16.7 Å². The first-order chi connectivity index (χ1) is 14.0. The molecule has 1 aromatic rings. The summed E-state index contributed by atoms with van der Waals surface area (Å²) in [5.74, 6) is -0.279. The lowest BCUT2D eigenvalue weighted by molar-refractivity contribution is 0.365. The van der Waals surface area contributed by atoms with Gasteiger partial charge in [-0.1, -0.05) is 49.0 Å². The zero-order chi connectivity index (χ0) is 21.0. The Kier molecular flexibility index (Phi) is 6.04. The van der Waals surface area contributed by atoms with Crippen molar-refractivity contribution in [3.8, 4) is 11.8 Å². The van der Waals surface area contributed by atoms with E-state index < -0.39 is 11.5 Å². The van der Waals surface area contributed by atoms with Gasteiger partial charge in [0.15, 0.2) is 5.75 Å². The van der Waals surface area contributed by atoms with Gasteiger partial charge in [-0.25, -0.2) is 4.79 Å². The molecular weight excluding hydrogens is 364 g/mol. The fraction of sp³-hybridized carbons (Fsp3) is 0.250. The molecule has 1 aliphatic carbocycles. The summed E-state index contributed by atoms with van der Waals surface area (Å²) in [5.41, 5.74) is 8.52. The number of hydrogen-bond acceptors (Lipinski definition) is 5. The van der Waals surface area contributed by atoms with Gasteiger partial charge in [-0.05, 0) is 44.4 Å². The third-order valence-electron chi connectivity index (χ3n) is 4.91. The Bertz CT molecular complexity index is 1200. The highest BCUT2D eigenvalue weighted by Gasteiger charge is 2.35. The SMILES string of the molecule is C/C=c1/oc(=O)c2c(/c1=C/C=C/CC)OC(N)=C(C#N)C2C1=CCC(C)=CC=C1. The summed E-state index contributed by atoms with van der Waals surface area (Å²) in [6.07, 6.45) is 16.9. The maximum Gasteiger partial charge on any atom is 0.344 e. The van der Waals surface area contributed by atoms with Crippen molar-refractivity contribution >= 4 is 12.2 Å². The fourth-order valence-corrected chi connectivity index (χ4v) is 3.45. The second-order valence-electron chi connectivity index (χ2n) is 6.91. The standard InChI is InChI=1S/C24H24N2O3/c1-4-6-7-11-17-19(5-2)28-24(27)21-20(16-10-8-9-15(3)12-13-16)18(14-25)23(26)29-22(17)21/h5-11,13,20H,4,12,26H2,1-3H3/b7-6+,17-11+,19-5+. The monoisotopic (exact) mass is 388 g/mol. The van der Waals surface area contributed by atoms with Gasteiger partial charge in [0, 0.05) is 0 Å². The Morgan fingerprint density at radius 3 is 2.90 bits per heavy atom. The van der Waals surface area contributed by atoms with Crippen molar-refractivity contribution < 1.29 is 9.15 Å². The Morgan fingerprint density at radius 1 is 1.41 bits per heavy atom. The molecule has 1 unspecified atom stereocenters. The van der Waals surface area contributed by atoms with Crippen LogP contribution >= 0.6 is 0 Å². The fourth-order valence-electron chi connectivity index (χ4n) is 3.45. The van der Waals surface area contributed by atoms with Gasteiger partial charge in [-0.15, -0.1) is 0 Å². The van der Waals surface area contributed by atoms with E-state index in [2.05, 4.69) is 6.07 Å². The van der Waals surface area contributed by atoms with Crippen molar-refractivity contribution in [3.05, 3.63) is 85.7 Å². The van der Waals surface area contributed by atoms with E-state index in [1.165, 1.54) is 5.57 Å². The predicted molar refractivity (Wildman–Crippen MR) is 114 cm³/mol. The number of fused-ring (bicyclic) bond motifs is 1. The van der Waals surface area contributed by atoms with Crippen molar-refractivity contribution in [2.75, 3.05) is 0 Å². The smallest absolute Gasteiger partial charge is 0.344 e. The number of nitrogens with two attached hydrogens (primary N) is 1. The summed E-state index contributed by atoms with van der Waals surface area (Å²) in [5, 5.41) is 10.4. The minimum atomic E-state index is -0.635. The number of nitriles is 1. The zero-order valence-corrected chi connectivity index (χ0v) is 16.9. The molecule has 2 N–H and O–H groups in total. The summed E-state index contributed by atoms with van der Waals surface area (Å²) in [6.45, 7) is 5.85. The molecule has 29 heavy (non-hydrogen) atoms. The molecular formula is C24H24N2O3. The zero-order valence-electron chi connectivity index (χ0n) is 16.9. The van der Waals surface area contributed by atoms with E-state index in [1.54, 1.807) is 13.0 Å². The molecule has 3 rings (SSSR count). The van der Waals surface area contributed by atoms with Crippen LogP contribution in [0.4, 0.5) is 0 Å². The molecule has 0 fully saturated rings. The van der Waals surface area contributed by atoms with Gasteiger partial charge >= 0.3 is 5.63 Å². The van der Waals surface area contributed by atoms with Crippen LogP contribution in [0.1, 0.15) is 45.1 Å². The van der Waals surface area contributed by atoms with E-state index in [0.29, 0.717) is 21.9 Å². The number of ether oxygens (including phenoxy) is 1. The van der Waals surface area contributed by atoms with E-state index >= 15 is 0 Å². The maximum absolute atomic E-state index is 13.0. The minimum absolute atomic E-state index is 0.00926.